The van der Waals surface area contributed by atoms with Gasteiger partial charge in [-0.15, -0.1) is 0 Å². The first-order valence-corrected chi connectivity index (χ1v) is 7.55. The zero-order chi connectivity index (χ0) is 15.1. The Hall–Kier alpha value is -2.33. The monoisotopic (exact) mass is 294 g/mol. The van der Waals surface area contributed by atoms with Gasteiger partial charge < -0.3 is 9.64 Å². The largest absolute Gasteiger partial charge is 0.468 e. The van der Waals surface area contributed by atoms with Gasteiger partial charge in [-0.1, -0.05) is 42.5 Å². The van der Waals surface area contributed by atoms with Crippen molar-refractivity contribution in [1.82, 2.24) is 4.90 Å². The molecule has 1 unspecified atom stereocenters. The Morgan fingerprint density at radius 3 is 2.64 bits per heavy atom. The molecule has 0 aromatic heterocycles. The molecule has 1 saturated heterocycles. The van der Waals surface area contributed by atoms with Gasteiger partial charge in [-0.05, 0) is 17.2 Å². The van der Waals surface area contributed by atoms with Gasteiger partial charge in [0.15, 0.2) is 0 Å². The van der Waals surface area contributed by atoms with E-state index < -0.39 is 0 Å². The number of carbonyl (C=O) groups is 1. The van der Waals surface area contributed by atoms with Crippen LogP contribution in [-0.4, -0.2) is 37.6 Å². The molecule has 0 aliphatic carbocycles. The lowest BCUT2D eigenvalue weighted by molar-refractivity contribution is -0.142. The highest BCUT2D eigenvalue weighted by atomic mass is 16.5. The second-order valence-corrected chi connectivity index (χ2v) is 5.72. The number of methoxy groups -OCH3 is 1. The fourth-order valence-corrected chi connectivity index (χ4v) is 3.61. The first kappa shape index (κ1) is 13.3. The highest BCUT2D eigenvalue weighted by Crippen LogP contribution is 2.47. The number of nitrogens with zero attached hydrogens (tertiary/aromatic N) is 2. The Morgan fingerprint density at radius 2 is 1.82 bits per heavy atom. The van der Waals surface area contributed by atoms with Gasteiger partial charge in [-0.2, -0.15) is 0 Å². The van der Waals surface area contributed by atoms with Crippen LogP contribution in [0, 0.1) is 0 Å². The first-order valence-electron chi connectivity index (χ1n) is 7.55. The molecule has 4 heteroatoms. The highest BCUT2D eigenvalue weighted by Gasteiger charge is 2.39. The zero-order valence-electron chi connectivity index (χ0n) is 12.5. The van der Waals surface area contributed by atoms with Crippen LogP contribution in [0.4, 0.5) is 5.69 Å². The van der Waals surface area contributed by atoms with E-state index in [1.807, 2.05) is 0 Å². The van der Waals surface area contributed by atoms with Crippen molar-refractivity contribution in [3.05, 3.63) is 54.1 Å². The number of fused-ring (bicyclic) bond motifs is 6. The molecule has 2 heterocycles. The lowest BCUT2D eigenvalue weighted by Gasteiger charge is -2.38. The van der Waals surface area contributed by atoms with Crippen LogP contribution in [0.5, 0.6) is 0 Å². The molecular weight excluding hydrogens is 276 g/mol. The van der Waals surface area contributed by atoms with Gasteiger partial charge in [-0.3, -0.25) is 9.69 Å². The van der Waals surface area contributed by atoms with Crippen molar-refractivity contribution >= 4 is 11.7 Å². The highest BCUT2D eigenvalue weighted by molar-refractivity contribution is 5.85. The molecule has 4 rings (SSSR count). The number of hydrogen-bond donors (Lipinski definition) is 0. The van der Waals surface area contributed by atoms with E-state index in [1.54, 1.807) is 0 Å². The third kappa shape index (κ3) is 1.91. The summed E-state index contributed by atoms with van der Waals surface area (Å²) in [5.41, 5.74) is 5.05. The van der Waals surface area contributed by atoms with Crippen molar-refractivity contribution in [2.45, 2.75) is 6.17 Å². The normalized spacial score (nSPS) is 19.3. The summed E-state index contributed by atoms with van der Waals surface area (Å²) in [6.07, 6.45) is 0.116. The Bertz CT molecular complexity index is 729. The van der Waals surface area contributed by atoms with Gasteiger partial charge in [0, 0.05) is 24.3 Å². The quantitative estimate of drug-likeness (QED) is 0.797. The predicted octanol–water partition coefficient (Wildman–Crippen LogP) is 2.66. The average Bonchev–Trinajstić information content (AvgIpc) is 2.99. The van der Waals surface area contributed by atoms with Crippen LogP contribution >= 0.6 is 0 Å². The summed E-state index contributed by atoms with van der Waals surface area (Å²) in [6, 6.07) is 17.0. The summed E-state index contributed by atoms with van der Waals surface area (Å²) in [5.74, 6) is -0.182. The summed E-state index contributed by atoms with van der Waals surface area (Å²) in [5, 5.41) is 0. The van der Waals surface area contributed by atoms with Gasteiger partial charge in [0.2, 0.25) is 0 Å². The lowest BCUT2D eigenvalue weighted by Crippen LogP contribution is -2.36. The standard InChI is InChI=1S/C18H18N2O2/c1-22-17(21)12-19-10-11-20-16-9-5-4-7-14(16)13-6-2-3-8-15(13)18(19)20/h2-9,18H,10-12H2,1H3. The van der Waals surface area contributed by atoms with Gasteiger partial charge in [-0.25, -0.2) is 0 Å². The number of carbonyl (C=O) groups excluding carboxylic acids is 1. The molecule has 1 fully saturated rings. The van der Waals surface area contributed by atoms with Crippen LogP contribution in [0.1, 0.15) is 11.7 Å². The molecule has 22 heavy (non-hydrogen) atoms. The maximum absolute atomic E-state index is 11.7. The lowest BCUT2D eigenvalue weighted by atomic mass is 9.91. The minimum Gasteiger partial charge on any atom is -0.468 e. The smallest absolute Gasteiger partial charge is 0.319 e. The van der Waals surface area contributed by atoms with Crippen LogP contribution in [0.15, 0.2) is 48.5 Å². The summed E-state index contributed by atoms with van der Waals surface area (Å²) in [6.45, 7) is 2.11. The molecule has 2 aliphatic rings. The Kier molecular flexibility index (Phi) is 3.12. The molecule has 2 aliphatic heterocycles. The number of hydrogen-bond acceptors (Lipinski definition) is 4. The van der Waals surface area contributed by atoms with Crippen molar-refractivity contribution in [3.63, 3.8) is 0 Å². The molecular formula is C18H18N2O2. The fraction of sp³-hybridized carbons (Fsp3) is 0.278. The van der Waals surface area contributed by atoms with Crippen molar-refractivity contribution < 1.29 is 9.53 Å². The molecule has 0 saturated carbocycles. The van der Waals surface area contributed by atoms with E-state index in [9.17, 15) is 4.79 Å². The second-order valence-electron chi connectivity index (χ2n) is 5.72. The van der Waals surface area contributed by atoms with Crippen LogP contribution in [-0.2, 0) is 9.53 Å². The summed E-state index contributed by atoms with van der Waals surface area (Å²) >= 11 is 0. The van der Waals surface area contributed by atoms with E-state index >= 15 is 0 Å². The predicted molar refractivity (Wildman–Crippen MR) is 85.6 cm³/mol. The molecule has 0 bridgehead atoms. The molecule has 0 spiro atoms. The number of benzene rings is 2. The van der Waals surface area contributed by atoms with E-state index in [0.717, 1.165) is 13.1 Å². The second kappa shape index (κ2) is 5.14. The van der Waals surface area contributed by atoms with E-state index in [1.165, 1.54) is 29.5 Å². The van der Waals surface area contributed by atoms with E-state index in [-0.39, 0.29) is 12.1 Å². The third-order valence-electron chi connectivity index (χ3n) is 4.57. The SMILES string of the molecule is COC(=O)CN1CCN2c3ccccc3-c3ccccc3C12. The van der Waals surface area contributed by atoms with Crippen LogP contribution in [0.25, 0.3) is 11.1 Å². The van der Waals surface area contributed by atoms with Crippen LogP contribution in [0.3, 0.4) is 0 Å². The molecule has 4 nitrogen and oxygen atoms in total. The van der Waals surface area contributed by atoms with E-state index in [4.69, 9.17) is 4.74 Å². The van der Waals surface area contributed by atoms with Crippen molar-refractivity contribution in [3.8, 4) is 11.1 Å². The van der Waals surface area contributed by atoms with Gasteiger partial charge in [0.25, 0.3) is 0 Å². The maximum Gasteiger partial charge on any atom is 0.319 e. The molecule has 2 aromatic rings. The molecule has 0 N–H and O–H groups in total. The number of para-hydroxylation sites is 1. The molecule has 112 valence electrons. The maximum atomic E-state index is 11.7. The number of anilines is 1. The zero-order valence-corrected chi connectivity index (χ0v) is 12.5. The Balaban J connectivity index is 1.82. The number of esters is 1. The third-order valence-corrected chi connectivity index (χ3v) is 4.57. The molecule has 2 aromatic carbocycles. The molecule has 0 radical (unpaired) electrons. The number of ether oxygens (including phenoxy) is 1. The van der Waals surface area contributed by atoms with E-state index in [2.05, 4.69) is 58.3 Å². The Morgan fingerprint density at radius 1 is 1.09 bits per heavy atom. The Labute approximate surface area is 129 Å². The van der Waals surface area contributed by atoms with Crippen molar-refractivity contribution in [2.24, 2.45) is 0 Å². The molecule has 0 amide bonds. The first-order chi connectivity index (χ1) is 10.8. The number of rotatable bonds is 2. The van der Waals surface area contributed by atoms with E-state index in [0.29, 0.717) is 6.54 Å². The van der Waals surface area contributed by atoms with Crippen LogP contribution < -0.4 is 4.90 Å². The minimum atomic E-state index is -0.182. The summed E-state index contributed by atoms with van der Waals surface area (Å²) in [4.78, 5) is 16.3. The van der Waals surface area contributed by atoms with Crippen molar-refractivity contribution in [2.75, 3.05) is 31.6 Å². The van der Waals surface area contributed by atoms with Gasteiger partial charge >= 0.3 is 5.97 Å². The van der Waals surface area contributed by atoms with Crippen molar-refractivity contribution in [1.29, 1.82) is 0 Å². The summed E-state index contributed by atoms with van der Waals surface area (Å²) in [7, 11) is 1.44. The average molecular weight is 294 g/mol. The summed E-state index contributed by atoms with van der Waals surface area (Å²) < 4.78 is 4.85. The topological polar surface area (TPSA) is 32.8 Å². The molecule has 1 atom stereocenters. The van der Waals surface area contributed by atoms with Gasteiger partial charge in [0.1, 0.15) is 6.17 Å². The fourth-order valence-electron chi connectivity index (χ4n) is 3.61. The van der Waals surface area contributed by atoms with Crippen LogP contribution in [0.2, 0.25) is 0 Å². The minimum absolute atomic E-state index is 0.116. The van der Waals surface area contributed by atoms with Gasteiger partial charge in [0.05, 0.1) is 13.7 Å².